The zero-order valence-electron chi connectivity index (χ0n) is 15.2. The summed E-state index contributed by atoms with van der Waals surface area (Å²) < 4.78 is 10.6. The molecule has 0 aromatic heterocycles. The molecule has 0 spiro atoms. The van der Waals surface area contributed by atoms with Crippen LogP contribution in [0.5, 0.6) is 11.5 Å². The molecule has 0 bridgehead atoms. The van der Waals surface area contributed by atoms with Gasteiger partial charge in [0, 0.05) is 31.0 Å². The highest BCUT2D eigenvalue weighted by atomic mass is 32.2. The van der Waals surface area contributed by atoms with Crippen molar-refractivity contribution in [2.24, 2.45) is 0 Å². The molecule has 1 atom stereocenters. The number of ether oxygens (including phenoxy) is 2. The van der Waals surface area contributed by atoms with Crippen LogP contribution in [0.2, 0.25) is 0 Å². The topological polar surface area (TPSA) is 38.8 Å². The molecule has 0 saturated carbocycles. The summed E-state index contributed by atoms with van der Waals surface area (Å²) in [6, 6.07) is 15.8. The number of hydrogen-bond donors (Lipinski definition) is 0. The maximum absolute atomic E-state index is 12.6. The number of methoxy groups -OCH3 is 2. The standard InChI is InChI=1S/C20H25NO3S/c1-15(25-14-16-8-6-5-7-9-16)20(22)21(2)13-17-10-11-18(23-3)12-19(17)24-4/h5-12,15H,13-14H2,1-4H3. The van der Waals surface area contributed by atoms with Crippen LogP contribution in [-0.2, 0) is 17.1 Å². The maximum Gasteiger partial charge on any atom is 0.235 e. The summed E-state index contributed by atoms with van der Waals surface area (Å²) >= 11 is 1.65. The molecule has 0 heterocycles. The van der Waals surface area contributed by atoms with Crippen molar-refractivity contribution in [1.82, 2.24) is 4.90 Å². The zero-order valence-corrected chi connectivity index (χ0v) is 16.0. The van der Waals surface area contributed by atoms with E-state index in [4.69, 9.17) is 9.47 Å². The predicted molar refractivity (Wildman–Crippen MR) is 103 cm³/mol. The second-order valence-corrected chi connectivity index (χ2v) is 7.14. The van der Waals surface area contributed by atoms with Gasteiger partial charge in [-0.1, -0.05) is 30.3 Å². The van der Waals surface area contributed by atoms with Crippen LogP contribution >= 0.6 is 11.8 Å². The Morgan fingerprint density at radius 1 is 1.12 bits per heavy atom. The van der Waals surface area contributed by atoms with Gasteiger partial charge in [-0.15, -0.1) is 11.8 Å². The van der Waals surface area contributed by atoms with Gasteiger partial charge < -0.3 is 14.4 Å². The van der Waals surface area contributed by atoms with E-state index in [0.717, 1.165) is 22.8 Å². The van der Waals surface area contributed by atoms with Crippen LogP contribution in [0.25, 0.3) is 0 Å². The molecule has 134 valence electrons. The second-order valence-electron chi connectivity index (χ2n) is 5.81. The first-order chi connectivity index (χ1) is 12.0. The number of rotatable bonds is 8. The van der Waals surface area contributed by atoms with E-state index in [9.17, 15) is 4.79 Å². The number of nitrogens with zero attached hydrogens (tertiary/aromatic N) is 1. The molecule has 0 aliphatic rings. The number of hydrogen-bond acceptors (Lipinski definition) is 4. The van der Waals surface area contributed by atoms with Crippen LogP contribution < -0.4 is 9.47 Å². The van der Waals surface area contributed by atoms with E-state index in [2.05, 4.69) is 12.1 Å². The SMILES string of the molecule is COc1ccc(CN(C)C(=O)C(C)SCc2ccccc2)c(OC)c1. The quantitative estimate of drug-likeness (QED) is 0.714. The molecule has 25 heavy (non-hydrogen) atoms. The Bertz CT molecular complexity index is 691. The molecule has 2 rings (SSSR count). The Morgan fingerprint density at radius 3 is 2.48 bits per heavy atom. The van der Waals surface area contributed by atoms with Crippen molar-refractivity contribution in [2.45, 2.75) is 24.5 Å². The Hall–Kier alpha value is -2.14. The lowest BCUT2D eigenvalue weighted by molar-refractivity contribution is -0.129. The molecular weight excluding hydrogens is 334 g/mol. The van der Waals surface area contributed by atoms with Crippen molar-refractivity contribution >= 4 is 17.7 Å². The minimum absolute atomic E-state index is 0.102. The summed E-state index contributed by atoms with van der Waals surface area (Å²) in [5, 5.41) is -0.102. The van der Waals surface area contributed by atoms with Crippen LogP contribution in [0, 0.1) is 0 Å². The fourth-order valence-corrected chi connectivity index (χ4v) is 3.45. The van der Waals surface area contributed by atoms with E-state index in [-0.39, 0.29) is 11.2 Å². The number of thioether (sulfide) groups is 1. The van der Waals surface area contributed by atoms with Gasteiger partial charge in [-0.05, 0) is 24.6 Å². The summed E-state index contributed by atoms with van der Waals surface area (Å²) in [6.07, 6.45) is 0. The molecule has 2 aromatic rings. The van der Waals surface area contributed by atoms with Gasteiger partial charge in [0.05, 0.1) is 19.5 Å². The van der Waals surface area contributed by atoms with Crippen molar-refractivity contribution in [3.05, 3.63) is 59.7 Å². The largest absolute Gasteiger partial charge is 0.497 e. The van der Waals surface area contributed by atoms with E-state index < -0.39 is 0 Å². The minimum atomic E-state index is -0.102. The summed E-state index contributed by atoms with van der Waals surface area (Å²) in [5.74, 6) is 2.40. The summed E-state index contributed by atoms with van der Waals surface area (Å²) in [6.45, 7) is 2.46. The summed E-state index contributed by atoms with van der Waals surface area (Å²) in [5.41, 5.74) is 2.19. The fourth-order valence-electron chi connectivity index (χ4n) is 2.49. The molecular formula is C20H25NO3S. The van der Waals surface area contributed by atoms with Crippen molar-refractivity contribution in [3.8, 4) is 11.5 Å². The predicted octanol–water partition coefficient (Wildman–Crippen LogP) is 3.98. The number of carbonyl (C=O) groups is 1. The molecule has 0 N–H and O–H groups in total. The Kier molecular flexibility index (Phi) is 7.19. The first kappa shape index (κ1) is 19.2. The number of benzene rings is 2. The van der Waals surface area contributed by atoms with Gasteiger partial charge in [0.2, 0.25) is 5.91 Å². The lowest BCUT2D eigenvalue weighted by atomic mass is 10.1. The fraction of sp³-hybridized carbons (Fsp3) is 0.350. The molecule has 5 heteroatoms. The van der Waals surface area contributed by atoms with Gasteiger partial charge in [-0.2, -0.15) is 0 Å². The van der Waals surface area contributed by atoms with Gasteiger partial charge in [-0.25, -0.2) is 0 Å². The van der Waals surface area contributed by atoms with Crippen molar-refractivity contribution in [2.75, 3.05) is 21.3 Å². The molecule has 4 nitrogen and oxygen atoms in total. The monoisotopic (exact) mass is 359 g/mol. The highest BCUT2D eigenvalue weighted by Crippen LogP contribution is 2.26. The lowest BCUT2D eigenvalue weighted by Gasteiger charge is -2.22. The van der Waals surface area contributed by atoms with Gasteiger partial charge >= 0.3 is 0 Å². The molecule has 0 saturated heterocycles. The first-order valence-electron chi connectivity index (χ1n) is 8.16. The van der Waals surface area contributed by atoms with E-state index in [0.29, 0.717) is 6.54 Å². The molecule has 1 unspecified atom stereocenters. The molecule has 2 aromatic carbocycles. The highest BCUT2D eigenvalue weighted by Gasteiger charge is 2.19. The van der Waals surface area contributed by atoms with Crippen molar-refractivity contribution < 1.29 is 14.3 Å². The van der Waals surface area contributed by atoms with Crippen LogP contribution in [0.3, 0.4) is 0 Å². The first-order valence-corrected chi connectivity index (χ1v) is 9.21. The molecule has 0 aliphatic heterocycles. The highest BCUT2D eigenvalue weighted by molar-refractivity contribution is 7.99. The van der Waals surface area contributed by atoms with E-state index in [1.807, 2.05) is 50.4 Å². The Balaban J connectivity index is 1.95. The van der Waals surface area contributed by atoms with E-state index in [1.54, 1.807) is 30.9 Å². The van der Waals surface area contributed by atoms with Gasteiger partial charge in [-0.3, -0.25) is 4.79 Å². The average molecular weight is 359 g/mol. The second kappa shape index (κ2) is 9.37. The maximum atomic E-state index is 12.6. The summed E-state index contributed by atoms with van der Waals surface area (Å²) in [7, 11) is 5.07. The van der Waals surface area contributed by atoms with Gasteiger partial charge in [0.15, 0.2) is 0 Å². The van der Waals surface area contributed by atoms with Crippen molar-refractivity contribution in [1.29, 1.82) is 0 Å². The zero-order chi connectivity index (χ0) is 18.2. The van der Waals surface area contributed by atoms with Gasteiger partial charge in [0.25, 0.3) is 0 Å². The number of amides is 1. The van der Waals surface area contributed by atoms with E-state index >= 15 is 0 Å². The molecule has 0 aliphatic carbocycles. The van der Waals surface area contributed by atoms with Crippen LogP contribution in [-0.4, -0.2) is 37.3 Å². The summed E-state index contributed by atoms with van der Waals surface area (Å²) in [4.78, 5) is 14.4. The Morgan fingerprint density at radius 2 is 1.84 bits per heavy atom. The molecule has 0 radical (unpaired) electrons. The Labute approximate surface area is 154 Å². The smallest absolute Gasteiger partial charge is 0.235 e. The van der Waals surface area contributed by atoms with Crippen molar-refractivity contribution in [3.63, 3.8) is 0 Å². The average Bonchev–Trinajstić information content (AvgIpc) is 2.66. The van der Waals surface area contributed by atoms with Gasteiger partial charge in [0.1, 0.15) is 11.5 Å². The van der Waals surface area contributed by atoms with Crippen LogP contribution in [0.1, 0.15) is 18.1 Å². The number of carbonyl (C=O) groups excluding carboxylic acids is 1. The van der Waals surface area contributed by atoms with Crippen LogP contribution in [0.15, 0.2) is 48.5 Å². The van der Waals surface area contributed by atoms with E-state index in [1.165, 1.54) is 5.56 Å². The molecule has 1 amide bonds. The minimum Gasteiger partial charge on any atom is -0.497 e. The normalized spacial score (nSPS) is 11.7. The van der Waals surface area contributed by atoms with Crippen LogP contribution in [0.4, 0.5) is 0 Å². The third-order valence-electron chi connectivity index (χ3n) is 3.97. The third kappa shape index (κ3) is 5.43. The lowest BCUT2D eigenvalue weighted by Crippen LogP contribution is -2.33. The third-order valence-corrected chi connectivity index (χ3v) is 5.17. The molecule has 0 fully saturated rings.